The summed E-state index contributed by atoms with van der Waals surface area (Å²) in [7, 11) is 3.29. The minimum Gasteiger partial charge on any atom is -0.493 e. The zero-order valence-electron chi connectivity index (χ0n) is 18.5. The van der Waals surface area contributed by atoms with Crippen molar-refractivity contribution in [2.24, 2.45) is 10.9 Å². The SMILES string of the molecule is CCCC(CCO)CNC(=NCC(C)(C)c1ccc(OC)c(OC)c1)NCC. The second-order valence-electron chi connectivity index (χ2n) is 7.70. The zero-order valence-corrected chi connectivity index (χ0v) is 18.5. The fourth-order valence-corrected chi connectivity index (χ4v) is 3.15. The van der Waals surface area contributed by atoms with Crippen LogP contribution >= 0.6 is 0 Å². The number of ether oxygens (including phenoxy) is 2. The number of rotatable bonds is 12. The maximum absolute atomic E-state index is 9.26. The smallest absolute Gasteiger partial charge is 0.191 e. The minimum atomic E-state index is -0.157. The monoisotopic (exact) mass is 393 g/mol. The Bertz CT molecular complexity index is 597. The Balaban J connectivity index is 2.86. The molecule has 6 heteroatoms. The summed E-state index contributed by atoms with van der Waals surface area (Å²) in [5.41, 5.74) is 0.990. The van der Waals surface area contributed by atoms with Gasteiger partial charge in [0.1, 0.15) is 0 Å². The Morgan fingerprint density at radius 3 is 2.39 bits per heavy atom. The maximum Gasteiger partial charge on any atom is 0.191 e. The van der Waals surface area contributed by atoms with Gasteiger partial charge in [0.2, 0.25) is 0 Å². The highest BCUT2D eigenvalue weighted by Gasteiger charge is 2.22. The quantitative estimate of drug-likeness (QED) is 0.375. The molecule has 1 rings (SSSR count). The topological polar surface area (TPSA) is 75.1 Å². The zero-order chi connectivity index (χ0) is 21.0. The normalized spacial score (nSPS) is 13.2. The number of aliphatic imine (C=N–C) groups is 1. The summed E-state index contributed by atoms with van der Waals surface area (Å²) < 4.78 is 10.8. The molecule has 0 spiro atoms. The van der Waals surface area contributed by atoms with Crippen LogP contribution in [0.1, 0.15) is 52.5 Å². The molecule has 0 fully saturated rings. The van der Waals surface area contributed by atoms with Gasteiger partial charge in [-0.25, -0.2) is 0 Å². The summed E-state index contributed by atoms with van der Waals surface area (Å²) >= 11 is 0. The molecule has 1 aromatic carbocycles. The molecule has 0 aliphatic carbocycles. The fourth-order valence-electron chi connectivity index (χ4n) is 3.15. The first-order chi connectivity index (χ1) is 13.4. The molecule has 160 valence electrons. The standard InChI is InChI=1S/C22H39N3O3/c1-7-9-17(12-13-26)15-24-21(23-8-2)25-16-22(3,4)18-10-11-19(27-5)20(14-18)28-6/h10-11,14,17,26H,7-9,12-13,15-16H2,1-6H3,(H2,23,24,25). The number of hydrogen-bond acceptors (Lipinski definition) is 4. The Morgan fingerprint density at radius 1 is 1.11 bits per heavy atom. The van der Waals surface area contributed by atoms with Crippen LogP contribution in [0.4, 0.5) is 0 Å². The minimum absolute atomic E-state index is 0.157. The van der Waals surface area contributed by atoms with Crippen molar-refractivity contribution >= 4 is 5.96 Å². The first kappa shape index (κ1) is 24.1. The van der Waals surface area contributed by atoms with Crippen LogP contribution in [-0.2, 0) is 5.41 Å². The van der Waals surface area contributed by atoms with Crippen LogP contribution in [0.25, 0.3) is 0 Å². The van der Waals surface area contributed by atoms with Crippen LogP contribution in [0, 0.1) is 5.92 Å². The highest BCUT2D eigenvalue weighted by molar-refractivity contribution is 5.79. The van der Waals surface area contributed by atoms with E-state index in [-0.39, 0.29) is 12.0 Å². The Labute approximate surface area is 170 Å². The van der Waals surface area contributed by atoms with Gasteiger partial charge >= 0.3 is 0 Å². The molecule has 3 N–H and O–H groups in total. The Kier molecular flexibility index (Phi) is 10.8. The number of guanidine groups is 1. The second kappa shape index (κ2) is 12.5. The van der Waals surface area contributed by atoms with E-state index < -0.39 is 0 Å². The summed E-state index contributed by atoms with van der Waals surface area (Å²) in [6.07, 6.45) is 3.04. The van der Waals surface area contributed by atoms with Gasteiger partial charge in [0.15, 0.2) is 17.5 Å². The molecule has 1 atom stereocenters. The van der Waals surface area contributed by atoms with Crippen molar-refractivity contribution in [2.45, 2.75) is 52.4 Å². The third-order valence-electron chi connectivity index (χ3n) is 4.93. The molecule has 0 aromatic heterocycles. The van der Waals surface area contributed by atoms with Crippen molar-refractivity contribution in [3.8, 4) is 11.5 Å². The van der Waals surface area contributed by atoms with Gasteiger partial charge in [-0.1, -0.05) is 33.3 Å². The van der Waals surface area contributed by atoms with Gasteiger partial charge in [-0.15, -0.1) is 0 Å². The molecular formula is C22H39N3O3. The van der Waals surface area contributed by atoms with Crippen molar-refractivity contribution in [3.63, 3.8) is 0 Å². The van der Waals surface area contributed by atoms with Crippen molar-refractivity contribution in [3.05, 3.63) is 23.8 Å². The van der Waals surface area contributed by atoms with E-state index >= 15 is 0 Å². The third kappa shape index (κ3) is 7.58. The molecule has 6 nitrogen and oxygen atoms in total. The lowest BCUT2D eigenvalue weighted by Crippen LogP contribution is -2.41. The third-order valence-corrected chi connectivity index (χ3v) is 4.93. The van der Waals surface area contributed by atoms with Crippen LogP contribution in [0.15, 0.2) is 23.2 Å². The molecule has 0 heterocycles. The summed E-state index contributed by atoms with van der Waals surface area (Å²) in [5.74, 6) is 2.73. The maximum atomic E-state index is 9.26. The van der Waals surface area contributed by atoms with Crippen molar-refractivity contribution in [1.29, 1.82) is 0 Å². The number of hydrogen-bond donors (Lipinski definition) is 3. The van der Waals surface area contributed by atoms with E-state index in [1.165, 1.54) is 0 Å². The van der Waals surface area contributed by atoms with Gasteiger partial charge in [-0.3, -0.25) is 4.99 Å². The fraction of sp³-hybridized carbons (Fsp3) is 0.682. The summed E-state index contributed by atoms with van der Waals surface area (Å²) in [6, 6.07) is 6.02. The largest absolute Gasteiger partial charge is 0.493 e. The van der Waals surface area contributed by atoms with E-state index in [2.05, 4.69) is 44.4 Å². The molecule has 1 unspecified atom stereocenters. The van der Waals surface area contributed by atoms with Crippen LogP contribution in [0.3, 0.4) is 0 Å². The predicted octanol–water partition coefficient (Wildman–Crippen LogP) is 3.34. The lowest BCUT2D eigenvalue weighted by molar-refractivity contribution is 0.251. The van der Waals surface area contributed by atoms with Gasteiger partial charge < -0.3 is 25.2 Å². The predicted molar refractivity (Wildman–Crippen MR) is 117 cm³/mol. The lowest BCUT2D eigenvalue weighted by atomic mass is 9.84. The number of benzene rings is 1. The Morgan fingerprint density at radius 2 is 1.82 bits per heavy atom. The molecule has 0 bridgehead atoms. The van der Waals surface area contributed by atoms with E-state index in [9.17, 15) is 5.11 Å². The van der Waals surface area contributed by atoms with Gasteiger partial charge in [-0.2, -0.15) is 0 Å². The second-order valence-corrected chi connectivity index (χ2v) is 7.70. The van der Waals surface area contributed by atoms with Crippen molar-refractivity contribution in [1.82, 2.24) is 10.6 Å². The van der Waals surface area contributed by atoms with Crippen molar-refractivity contribution in [2.75, 3.05) is 40.5 Å². The van der Waals surface area contributed by atoms with Crippen LogP contribution in [0.5, 0.6) is 11.5 Å². The lowest BCUT2D eigenvalue weighted by Gasteiger charge is -2.25. The van der Waals surface area contributed by atoms with E-state index in [0.29, 0.717) is 12.5 Å². The van der Waals surface area contributed by atoms with E-state index in [4.69, 9.17) is 14.5 Å². The number of aliphatic hydroxyl groups is 1. The highest BCUT2D eigenvalue weighted by Crippen LogP contribution is 2.33. The molecule has 0 radical (unpaired) electrons. The molecule has 0 aliphatic heterocycles. The molecule has 0 aliphatic rings. The van der Waals surface area contributed by atoms with Crippen LogP contribution < -0.4 is 20.1 Å². The molecule has 0 saturated heterocycles. The number of nitrogens with zero attached hydrogens (tertiary/aromatic N) is 1. The number of nitrogens with one attached hydrogen (secondary N) is 2. The molecule has 1 aromatic rings. The summed E-state index contributed by atoms with van der Waals surface area (Å²) in [6.45, 7) is 11.1. The first-order valence-corrected chi connectivity index (χ1v) is 10.3. The number of methoxy groups -OCH3 is 2. The Hall–Kier alpha value is -1.95. The van der Waals surface area contributed by atoms with Gasteiger partial charge in [0.05, 0.1) is 20.8 Å². The van der Waals surface area contributed by atoms with Gasteiger partial charge in [-0.05, 0) is 43.4 Å². The summed E-state index contributed by atoms with van der Waals surface area (Å²) in [4.78, 5) is 4.81. The molecule has 0 amide bonds. The van der Waals surface area contributed by atoms with Crippen LogP contribution in [0.2, 0.25) is 0 Å². The van der Waals surface area contributed by atoms with Gasteiger partial charge in [0, 0.05) is 25.1 Å². The molecule has 0 saturated carbocycles. The average Bonchev–Trinajstić information content (AvgIpc) is 2.69. The summed E-state index contributed by atoms with van der Waals surface area (Å²) in [5, 5.41) is 16.0. The van der Waals surface area contributed by atoms with Crippen LogP contribution in [-0.4, -0.2) is 51.5 Å². The van der Waals surface area contributed by atoms with E-state index in [1.54, 1.807) is 14.2 Å². The van der Waals surface area contributed by atoms with Crippen molar-refractivity contribution < 1.29 is 14.6 Å². The number of aliphatic hydroxyl groups excluding tert-OH is 1. The van der Waals surface area contributed by atoms with E-state index in [0.717, 1.165) is 55.4 Å². The average molecular weight is 394 g/mol. The van der Waals surface area contributed by atoms with E-state index in [1.807, 2.05) is 12.1 Å². The van der Waals surface area contributed by atoms with Gasteiger partial charge in [0.25, 0.3) is 0 Å². The molecule has 28 heavy (non-hydrogen) atoms. The molecular weight excluding hydrogens is 354 g/mol. The first-order valence-electron chi connectivity index (χ1n) is 10.3. The highest BCUT2D eigenvalue weighted by atomic mass is 16.5.